The molecular weight excluding hydrogens is 198 g/mol. The van der Waals surface area contributed by atoms with Crippen molar-refractivity contribution in [3.8, 4) is 5.75 Å². The van der Waals surface area contributed by atoms with Crippen LogP contribution < -0.4 is 10.1 Å². The van der Waals surface area contributed by atoms with Crippen LogP contribution in [-0.4, -0.2) is 20.2 Å². The molecule has 1 aliphatic heterocycles. The standard InChI is InChI=1S/C14H21NO/c1-10-4-5-13(16-3)14(11(10)2)12-6-8-15-9-7-12/h4-5,12,15H,6-9H2,1-3H3. The largest absolute Gasteiger partial charge is 0.496 e. The molecule has 0 amide bonds. The zero-order chi connectivity index (χ0) is 11.5. The molecule has 0 unspecified atom stereocenters. The lowest BCUT2D eigenvalue weighted by Gasteiger charge is -2.26. The van der Waals surface area contributed by atoms with E-state index in [1.807, 2.05) is 0 Å². The first-order valence-corrected chi connectivity index (χ1v) is 6.09. The first-order chi connectivity index (χ1) is 7.74. The highest BCUT2D eigenvalue weighted by Crippen LogP contribution is 2.36. The van der Waals surface area contributed by atoms with Crippen LogP contribution in [0.3, 0.4) is 0 Å². The van der Waals surface area contributed by atoms with Crippen LogP contribution >= 0.6 is 0 Å². The molecule has 0 atom stereocenters. The van der Waals surface area contributed by atoms with Crippen LogP contribution in [0.2, 0.25) is 0 Å². The van der Waals surface area contributed by atoms with Crippen molar-refractivity contribution in [2.45, 2.75) is 32.6 Å². The summed E-state index contributed by atoms with van der Waals surface area (Å²) in [5, 5.41) is 3.42. The number of aryl methyl sites for hydroxylation is 1. The lowest BCUT2D eigenvalue weighted by molar-refractivity contribution is 0.390. The predicted molar refractivity (Wildman–Crippen MR) is 67.3 cm³/mol. The molecule has 0 saturated carbocycles. The number of hydrogen-bond acceptors (Lipinski definition) is 2. The third kappa shape index (κ3) is 2.07. The maximum Gasteiger partial charge on any atom is 0.122 e. The second kappa shape index (κ2) is 4.88. The summed E-state index contributed by atoms with van der Waals surface area (Å²) in [7, 11) is 1.77. The number of methoxy groups -OCH3 is 1. The molecule has 2 rings (SSSR count). The van der Waals surface area contributed by atoms with Gasteiger partial charge in [-0.15, -0.1) is 0 Å². The van der Waals surface area contributed by atoms with Gasteiger partial charge in [-0.1, -0.05) is 6.07 Å². The van der Waals surface area contributed by atoms with Crippen molar-refractivity contribution >= 4 is 0 Å². The van der Waals surface area contributed by atoms with Crippen LogP contribution in [0, 0.1) is 13.8 Å². The summed E-state index contributed by atoms with van der Waals surface area (Å²) in [5.41, 5.74) is 4.21. The Bertz CT molecular complexity index is 367. The highest BCUT2D eigenvalue weighted by Gasteiger charge is 2.21. The average molecular weight is 219 g/mol. The molecule has 1 aromatic rings. The summed E-state index contributed by atoms with van der Waals surface area (Å²) >= 11 is 0. The molecule has 1 saturated heterocycles. The molecule has 0 spiro atoms. The molecule has 2 nitrogen and oxygen atoms in total. The molecule has 1 fully saturated rings. The molecule has 0 aliphatic carbocycles. The molecule has 1 N–H and O–H groups in total. The van der Waals surface area contributed by atoms with Crippen molar-refractivity contribution in [2.75, 3.05) is 20.2 Å². The van der Waals surface area contributed by atoms with E-state index >= 15 is 0 Å². The van der Waals surface area contributed by atoms with Crippen LogP contribution in [0.1, 0.15) is 35.4 Å². The van der Waals surface area contributed by atoms with E-state index < -0.39 is 0 Å². The molecule has 0 radical (unpaired) electrons. The zero-order valence-electron chi connectivity index (χ0n) is 10.5. The third-order valence-electron chi connectivity index (χ3n) is 3.71. The van der Waals surface area contributed by atoms with Crippen molar-refractivity contribution in [2.24, 2.45) is 0 Å². The summed E-state index contributed by atoms with van der Waals surface area (Å²) in [6.07, 6.45) is 2.45. The Hall–Kier alpha value is -1.02. The van der Waals surface area contributed by atoms with E-state index in [0.717, 1.165) is 18.8 Å². The van der Waals surface area contributed by atoms with Gasteiger partial charge in [0.15, 0.2) is 0 Å². The average Bonchev–Trinajstić information content (AvgIpc) is 2.33. The second-order valence-corrected chi connectivity index (χ2v) is 4.65. The van der Waals surface area contributed by atoms with Gasteiger partial charge in [0.05, 0.1) is 7.11 Å². The van der Waals surface area contributed by atoms with E-state index in [1.54, 1.807) is 7.11 Å². The van der Waals surface area contributed by atoms with Crippen LogP contribution in [0.5, 0.6) is 5.75 Å². The summed E-state index contributed by atoms with van der Waals surface area (Å²) in [4.78, 5) is 0. The fraction of sp³-hybridized carbons (Fsp3) is 0.571. The van der Waals surface area contributed by atoms with Crippen LogP contribution in [0.15, 0.2) is 12.1 Å². The Balaban J connectivity index is 2.39. The van der Waals surface area contributed by atoms with Gasteiger partial charge in [-0.05, 0) is 62.9 Å². The van der Waals surface area contributed by atoms with Crippen LogP contribution in [0.25, 0.3) is 0 Å². The Morgan fingerprint density at radius 1 is 1.19 bits per heavy atom. The van der Waals surface area contributed by atoms with Gasteiger partial charge in [-0.2, -0.15) is 0 Å². The van der Waals surface area contributed by atoms with Gasteiger partial charge in [-0.25, -0.2) is 0 Å². The number of piperidine rings is 1. The minimum Gasteiger partial charge on any atom is -0.496 e. The Morgan fingerprint density at radius 3 is 2.50 bits per heavy atom. The molecule has 88 valence electrons. The summed E-state index contributed by atoms with van der Waals surface area (Å²) in [6.45, 7) is 6.65. The maximum atomic E-state index is 5.51. The lowest BCUT2D eigenvalue weighted by Crippen LogP contribution is -2.27. The van der Waals surface area contributed by atoms with Crippen molar-refractivity contribution < 1.29 is 4.74 Å². The number of rotatable bonds is 2. The van der Waals surface area contributed by atoms with Gasteiger partial charge in [-0.3, -0.25) is 0 Å². The summed E-state index contributed by atoms with van der Waals surface area (Å²) in [6, 6.07) is 4.26. The molecule has 1 heterocycles. The monoisotopic (exact) mass is 219 g/mol. The van der Waals surface area contributed by atoms with Crippen molar-refractivity contribution in [3.05, 3.63) is 28.8 Å². The highest BCUT2D eigenvalue weighted by molar-refractivity contribution is 5.46. The van der Waals surface area contributed by atoms with E-state index in [-0.39, 0.29) is 0 Å². The highest BCUT2D eigenvalue weighted by atomic mass is 16.5. The fourth-order valence-corrected chi connectivity index (χ4v) is 2.61. The number of hydrogen-bond donors (Lipinski definition) is 1. The quantitative estimate of drug-likeness (QED) is 0.826. The Kier molecular flexibility index (Phi) is 3.49. The van der Waals surface area contributed by atoms with Gasteiger partial charge in [0.2, 0.25) is 0 Å². The molecule has 16 heavy (non-hydrogen) atoms. The molecule has 1 aromatic carbocycles. The smallest absolute Gasteiger partial charge is 0.122 e. The molecular formula is C14H21NO. The van der Waals surface area contributed by atoms with E-state index in [0.29, 0.717) is 5.92 Å². The lowest BCUT2D eigenvalue weighted by atomic mass is 9.85. The SMILES string of the molecule is COc1ccc(C)c(C)c1C1CCNCC1. The number of nitrogens with one attached hydrogen (secondary N) is 1. The first kappa shape index (κ1) is 11.5. The maximum absolute atomic E-state index is 5.51. The normalized spacial score (nSPS) is 17.4. The fourth-order valence-electron chi connectivity index (χ4n) is 2.61. The topological polar surface area (TPSA) is 21.3 Å². The zero-order valence-corrected chi connectivity index (χ0v) is 10.5. The molecule has 2 heteroatoms. The minimum absolute atomic E-state index is 0.663. The number of benzene rings is 1. The summed E-state index contributed by atoms with van der Waals surface area (Å²) in [5.74, 6) is 1.73. The van der Waals surface area contributed by atoms with Crippen LogP contribution in [0.4, 0.5) is 0 Å². The van der Waals surface area contributed by atoms with Crippen molar-refractivity contribution in [1.82, 2.24) is 5.32 Å². The van der Waals surface area contributed by atoms with Crippen molar-refractivity contribution in [1.29, 1.82) is 0 Å². The number of ether oxygens (including phenoxy) is 1. The van der Waals surface area contributed by atoms with Gasteiger partial charge in [0.25, 0.3) is 0 Å². The van der Waals surface area contributed by atoms with Gasteiger partial charge in [0.1, 0.15) is 5.75 Å². The summed E-state index contributed by atoms with van der Waals surface area (Å²) < 4.78 is 5.51. The Morgan fingerprint density at radius 2 is 1.88 bits per heavy atom. The van der Waals surface area contributed by atoms with Gasteiger partial charge < -0.3 is 10.1 Å². The van der Waals surface area contributed by atoms with Gasteiger partial charge in [0, 0.05) is 5.56 Å². The van der Waals surface area contributed by atoms with Crippen molar-refractivity contribution in [3.63, 3.8) is 0 Å². The second-order valence-electron chi connectivity index (χ2n) is 4.65. The first-order valence-electron chi connectivity index (χ1n) is 6.09. The van der Waals surface area contributed by atoms with Crippen LogP contribution in [-0.2, 0) is 0 Å². The van der Waals surface area contributed by atoms with E-state index in [9.17, 15) is 0 Å². The Labute approximate surface area is 98.0 Å². The molecule has 0 bridgehead atoms. The van der Waals surface area contributed by atoms with E-state index in [1.165, 1.54) is 29.5 Å². The van der Waals surface area contributed by atoms with Gasteiger partial charge >= 0.3 is 0 Å². The molecule has 1 aliphatic rings. The minimum atomic E-state index is 0.663. The van der Waals surface area contributed by atoms with E-state index in [4.69, 9.17) is 4.74 Å². The predicted octanol–water partition coefficient (Wildman–Crippen LogP) is 2.78. The third-order valence-corrected chi connectivity index (χ3v) is 3.71. The molecule has 0 aromatic heterocycles. The van der Waals surface area contributed by atoms with E-state index in [2.05, 4.69) is 31.3 Å².